The van der Waals surface area contributed by atoms with Crippen molar-refractivity contribution in [3.05, 3.63) is 5.82 Å². The van der Waals surface area contributed by atoms with E-state index in [1.807, 2.05) is 13.8 Å². The summed E-state index contributed by atoms with van der Waals surface area (Å²) in [6.07, 6.45) is 0. The number of aromatic amines is 1. The van der Waals surface area contributed by atoms with Gasteiger partial charge in [-0.2, -0.15) is 5.21 Å². The molecule has 0 aliphatic heterocycles. The SMILES string of the molecule is CC(C)(CO)CNCc1nn[nH]n1. The van der Waals surface area contributed by atoms with Crippen molar-refractivity contribution in [2.75, 3.05) is 13.2 Å². The first-order valence-electron chi connectivity index (χ1n) is 4.18. The highest BCUT2D eigenvalue weighted by atomic mass is 16.3. The summed E-state index contributed by atoms with van der Waals surface area (Å²) in [5, 5.41) is 25.5. The Hall–Kier alpha value is -1.01. The lowest BCUT2D eigenvalue weighted by Crippen LogP contribution is -2.32. The Morgan fingerprint density at radius 3 is 2.85 bits per heavy atom. The molecule has 6 heteroatoms. The number of aromatic nitrogens is 4. The number of nitrogens with one attached hydrogen (secondary N) is 2. The smallest absolute Gasteiger partial charge is 0.188 e. The molecular formula is C7H15N5O. The largest absolute Gasteiger partial charge is 0.396 e. The second-order valence-electron chi connectivity index (χ2n) is 3.75. The molecule has 74 valence electrons. The number of aliphatic hydroxyl groups excluding tert-OH is 1. The number of H-pyrrole nitrogens is 1. The van der Waals surface area contributed by atoms with Crippen molar-refractivity contribution in [1.82, 2.24) is 25.9 Å². The molecule has 0 aliphatic carbocycles. The van der Waals surface area contributed by atoms with Gasteiger partial charge in [-0.3, -0.25) is 0 Å². The van der Waals surface area contributed by atoms with E-state index < -0.39 is 0 Å². The summed E-state index contributed by atoms with van der Waals surface area (Å²) in [7, 11) is 0. The third-order valence-corrected chi connectivity index (χ3v) is 1.70. The van der Waals surface area contributed by atoms with Gasteiger partial charge in [0.1, 0.15) is 0 Å². The number of rotatable bonds is 5. The molecule has 0 atom stereocenters. The molecule has 0 bridgehead atoms. The molecule has 1 heterocycles. The zero-order valence-electron chi connectivity index (χ0n) is 7.91. The maximum Gasteiger partial charge on any atom is 0.188 e. The molecule has 13 heavy (non-hydrogen) atoms. The van der Waals surface area contributed by atoms with Gasteiger partial charge in [-0.1, -0.05) is 19.1 Å². The van der Waals surface area contributed by atoms with E-state index in [4.69, 9.17) is 5.11 Å². The summed E-state index contributed by atoms with van der Waals surface area (Å²) < 4.78 is 0. The predicted molar refractivity (Wildman–Crippen MR) is 46.8 cm³/mol. The average Bonchev–Trinajstić information content (AvgIpc) is 2.57. The van der Waals surface area contributed by atoms with Crippen molar-refractivity contribution < 1.29 is 5.11 Å². The Morgan fingerprint density at radius 1 is 1.54 bits per heavy atom. The molecule has 0 saturated heterocycles. The summed E-state index contributed by atoms with van der Waals surface area (Å²) in [6, 6.07) is 0. The first-order valence-corrected chi connectivity index (χ1v) is 4.18. The Balaban J connectivity index is 2.21. The van der Waals surface area contributed by atoms with Crippen LogP contribution in [0.3, 0.4) is 0 Å². The minimum atomic E-state index is -0.107. The highest BCUT2D eigenvalue weighted by Gasteiger charge is 2.15. The molecule has 0 aromatic carbocycles. The van der Waals surface area contributed by atoms with Gasteiger partial charge in [-0.25, -0.2) is 0 Å². The van der Waals surface area contributed by atoms with Crippen LogP contribution in [0.1, 0.15) is 19.7 Å². The van der Waals surface area contributed by atoms with Crippen LogP contribution in [0.15, 0.2) is 0 Å². The van der Waals surface area contributed by atoms with E-state index in [0.717, 1.165) is 6.54 Å². The number of aliphatic hydroxyl groups is 1. The van der Waals surface area contributed by atoms with Crippen LogP contribution in [0.4, 0.5) is 0 Å². The monoisotopic (exact) mass is 185 g/mol. The Bertz CT molecular complexity index is 233. The topological polar surface area (TPSA) is 86.7 Å². The quantitative estimate of drug-likeness (QED) is 0.565. The van der Waals surface area contributed by atoms with Crippen molar-refractivity contribution in [2.24, 2.45) is 5.41 Å². The molecule has 0 aliphatic rings. The summed E-state index contributed by atoms with van der Waals surface area (Å²) in [4.78, 5) is 0. The molecule has 1 aromatic rings. The van der Waals surface area contributed by atoms with Gasteiger partial charge in [0.2, 0.25) is 0 Å². The highest BCUT2D eigenvalue weighted by Crippen LogP contribution is 2.10. The van der Waals surface area contributed by atoms with Gasteiger partial charge in [0.25, 0.3) is 0 Å². The number of nitrogens with zero attached hydrogens (tertiary/aromatic N) is 3. The molecule has 0 fully saturated rings. The van der Waals surface area contributed by atoms with Crippen LogP contribution >= 0.6 is 0 Å². The summed E-state index contributed by atoms with van der Waals surface area (Å²) in [5.41, 5.74) is -0.107. The van der Waals surface area contributed by atoms with Crippen molar-refractivity contribution >= 4 is 0 Å². The second kappa shape index (κ2) is 4.29. The van der Waals surface area contributed by atoms with Crippen LogP contribution < -0.4 is 5.32 Å². The maximum atomic E-state index is 8.96. The summed E-state index contributed by atoms with van der Waals surface area (Å²) >= 11 is 0. The van der Waals surface area contributed by atoms with E-state index in [1.165, 1.54) is 0 Å². The summed E-state index contributed by atoms with van der Waals surface area (Å²) in [6.45, 7) is 5.41. The van der Waals surface area contributed by atoms with Crippen LogP contribution in [0.5, 0.6) is 0 Å². The molecule has 3 N–H and O–H groups in total. The third kappa shape index (κ3) is 3.47. The van der Waals surface area contributed by atoms with E-state index >= 15 is 0 Å². The molecule has 0 spiro atoms. The van der Waals surface area contributed by atoms with Gasteiger partial charge in [0.05, 0.1) is 6.54 Å². The number of hydrogen-bond acceptors (Lipinski definition) is 5. The van der Waals surface area contributed by atoms with Crippen LogP contribution in [0.2, 0.25) is 0 Å². The van der Waals surface area contributed by atoms with Gasteiger partial charge in [-0.05, 0) is 0 Å². The van der Waals surface area contributed by atoms with Gasteiger partial charge >= 0.3 is 0 Å². The van der Waals surface area contributed by atoms with Crippen LogP contribution in [0.25, 0.3) is 0 Å². The standard InChI is InChI=1S/C7H15N5O/c1-7(2,5-13)4-8-3-6-9-11-12-10-6/h8,13H,3-5H2,1-2H3,(H,9,10,11,12). The van der Waals surface area contributed by atoms with Crippen LogP contribution in [-0.2, 0) is 6.54 Å². The molecule has 1 rings (SSSR count). The molecule has 0 amide bonds. The first-order chi connectivity index (χ1) is 6.14. The van der Waals surface area contributed by atoms with Crippen molar-refractivity contribution in [3.63, 3.8) is 0 Å². The fourth-order valence-electron chi connectivity index (χ4n) is 0.826. The lowest BCUT2D eigenvalue weighted by molar-refractivity contribution is 0.156. The number of tetrazole rings is 1. The highest BCUT2D eigenvalue weighted by molar-refractivity contribution is 4.77. The molecule has 0 radical (unpaired) electrons. The van der Waals surface area contributed by atoms with Crippen molar-refractivity contribution in [2.45, 2.75) is 20.4 Å². The zero-order chi connectivity index (χ0) is 9.73. The maximum absolute atomic E-state index is 8.96. The van der Waals surface area contributed by atoms with Gasteiger partial charge < -0.3 is 10.4 Å². The Labute approximate surface area is 76.7 Å². The zero-order valence-corrected chi connectivity index (χ0v) is 7.91. The second-order valence-corrected chi connectivity index (χ2v) is 3.75. The third-order valence-electron chi connectivity index (χ3n) is 1.70. The molecule has 6 nitrogen and oxygen atoms in total. The van der Waals surface area contributed by atoms with E-state index in [9.17, 15) is 0 Å². The van der Waals surface area contributed by atoms with E-state index in [2.05, 4.69) is 25.9 Å². The normalized spacial score (nSPS) is 11.9. The van der Waals surface area contributed by atoms with E-state index in [1.54, 1.807) is 0 Å². The van der Waals surface area contributed by atoms with Crippen LogP contribution in [0, 0.1) is 5.41 Å². The lowest BCUT2D eigenvalue weighted by atomic mass is 9.95. The van der Waals surface area contributed by atoms with Gasteiger partial charge in [-0.15, -0.1) is 10.2 Å². The Kier molecular flexibility index (Phi) is 3.32. The van der Waals surface area contributed by atoms with E-state index in [-0.39, 0.29) is 12.0 Å². The average molecular weight is 185 g/mol. The minimum Gasteiger partial charge on any atom is -0.396 e. The van der Waals surface area contributed by atoms with Crippen molar-refractivity contribution in [1.29, 1.82) is 0 Å². The fourth-order valence-corrected chi connectivity index (χ4v) is 0.826. The predicted octanol–water partition coefficient (Wildman–Crippen LogP) is -0.692. The van der Waals surface area contributed by atoms with Crippen LogP contribution in [-0.4, -0.2) is 38.9 Å². The molecule has 1 aromatic heterocycles. The van der Waals surface area contributed by atoms with Crippen molar-refractivity contribution in [3.8, 4) is 0 Å². The number of hydrogen-bond donors (Lipinski definition) is 3. The molecule has 0 unspecified atom stereocenters. The molecular weight excluding hydrogens is 170 g/mol. The fraction of sp³-hybridized carbons (Fsp3) is 0.857. The minimum absolute atomic E-state index is 0.107. The molecule has 0 saturated carbocycles. The lowest BCUT2D eigenvalue weighted by Gasteiger charge is -2.21. The summed E-state index contributed by atoms with van der Waals surface area (Å²) in [5.74, 6) is 0.633. The first kappa shape index (κ1) is 10.1. The van der Waals surface area contributed by atoms with E-state index in [0.29, 0.717) is 12.4 Å². The Morgan fingerprint density at radius 2 is 2.31 bits per heavy atom. The van der Waals surface area contributed by atoms with Gasteiger partial charge in [0, 0.05) is 18.6 Å². The van der Waals surface area contributed by atoms with Gasteiger partial charge in [0.15, 0.2) is 5.82 Å².